The molecular formula is C14H10N2OS. The van der Waals surface area contributed by atoms with Crippen molar-refractivity contribution in [3.63, 3.8) is 0 Å². The normalized spacial score (nSPS) is 11.3. The molecule has 0 fully saturated rings. The number of fused-ring (bicyclic) bond motifs is 1. The molecule has 0 aliphatic rings. The molecule has 1 aromatic carbocycles. The molecule has 0 spiro atoms. The van der Waals surface area contributed by atoms with E-state index in [1.165, 1.54) is 0 Å². The topological polar surface area (TPSA) is 45.8 Å². The van der Waals surface area contributed by atoms with Crippen molar-refractivity contribution < 1.29 is 0 Å². The Balaban J connectivity index is 2.06. The standard InChI is InChI=1S/C14H10N2OS/c17-14-11-5-1-2-6-12(11)15-13(16-14)8-7-10-4-3-9-18-10/h1-9H,(H,15,16,17). The molecule has 0 amide bonds. The first-order chi connectivity index (χ1) is 8.83. The van der Waals surface area contributed by atoms with Crippen LogP contribution in [-0.2, 0) is 0 Å². The molecule has 2 heterocycles. The quantitative estimate of drug-likeness (QED) is 0.763. The summed E-state index contributed by atoms with van der Waals surface area (Å²) in [4.78, 5) is 20.1. The van der Waals surface area contributed by atoms with Gasteiger partial charge in [0.1, 0.15) is 5.82 Å². The van der Waals surface area contributed by atoms with Gasteiger partial charge in [-0.1, -0.05) is 18.2 Å². The number of aromatic amines is 1. The van der Waals surface area contributed by atoms with Crippen molar-refractivity contribution in [2.24, 2.45) is 0 Å². The molecule has 0 radical (unpaired) electrons. The Kier molecular flexibility index (Phi) is 2.78. The van der Waals surface area contributed by atoms with Crippen molar-refractivity contribution in [2.45, 2.75) is 0 Å². The number of para-hydroxylation sites is 1. The fourth-order valence-electron chi connectivity index (χ4n) is 1.73. The van der Waals surface area contributed by atoms with E-state index in [1.807, 2.05) is 47.9 Å². The van der Waals surface area contributed by atoms with E-state index < -0.39 is 0 Å². The van der Waals surface area contributed by atoms with E-state index in [1.54, 1.807) is 17.4 Å². The van der Waals surface area contributed by atoms with E-state index in [-0.39, 0.29) is 5.56 Å². The zero-order chi connectivity index (χ0) is 12.4. The first-order valence-corrected chi connectivity index (χ1v) is 6.41. The summed E-state index contributed by atoms with van der Waals surface area (Å²) < 4.78 is 0. The minimum atomic E-state index is -0.105. The fourth-order valence-corrected chi connectivity index (χ4v) is 2.35. The third kappa shape index (κ3) is 2.10. The van der Waals surface area contributed by atoms with Crippen LogP contribution in [0.4, 0.5) is 0 Å². The Morgan fingerprint density at radius 3 is 2.83 bits per heavy atom. The molecule has 88 valence electrons. The van der Waals surface area contributed by atoms with Crippen LogP contribution in [0.5, 0.6) is 0 Å². The highest BCUT2D eigenvalue weighted by Gasteiger charge is 2.00. The van der Waals surface area contributed by atoms with Crippen molar-refractivity contribution in [1.82, 2.24) is 9.97 Å². The van der Waals surface area contributed by atoms with Crippen LogP contribution in [0.1, 0.15) is 10.7 Å². The van der Waals surface area contributed by atoms with Crippen molar-refractivity contribution >= 4 is 34.4 Å². The van der Waals surface area contributed by atoms with Crippen LogP contribution in [0.2, 0.25) is 0 Å². The van der Waals surface area contributed by atoms with Crippen LogP contribution in [0, 0.1) is 0 Å². The number of H-pyrrole nitrogens is 1. The summed E-state index contributed by atoms with van der Waals surface area (Å²) in [5.41, 5.74) is 0.610. The minimum absolute atomic E-state index is 0.105. The summed E-state index contributed by atoms with van der Waals surface area (Å²) >= 11 is 1.64. The Bertz CT molecular complexity index is 757. The van der Waals surface area contributed by atoms with Gasteiger partial charge in [0.15, 0.2) is 0 Å². The molecule has 0 atom stereocenters. The van der Waals surface area contributed by atoms with Gasteiger partial charge >= 0.3 is 0 Å². The van der Waals surface area contributed by atoms with Gasteiger partial charge in [-0.2, -0.15) is 0 Å². The number of nitrogens with zero attached hydrogens (tertiary/aromatic N) is 1. The molecule has 1 N–H and O–H groups in total. The van der Waals surface area contributed by atoms with Gasteiger partial charge in [-0.25, -0.2) is 4.98 Å². The van der Waals surface area contributed by atoms with E-state index in [0.29, 0.717) is 16.7 Å². The SMILES string of the molecule is O=c1[nH]c(C=Cc2cccs2)nc2ccccc12. The lowest BCUT2D eigenvalue weighted by atomic mass is 10.2. The molecule has 0 aliphatic heterocycles. The smallest absolute Gasteiger partial charge is 0.259 e. The number of aromatic nitrogens is 2. The molecule has 0 unspecified atom stereocenters. The monoisotopic (exact) mass is 254 g/mol. The van der Waals surface area contributed by atoms with Gasteiger partial charge in [0.05, 0.1) is 10.9 Å². The Labute approximate surface area is 107 Å². The van der Waals surface area contributed by atoms with Crippen molar-refractivity contribution in [1.29, 1.82) is 0 Å². The highest BCUT2D eigenvalue weighted by Crippen LogP contribution is 2.12. The number of thiophene rings is 1. The first kappa shape index (κ1) is 10.9. The van der Waals surface area contributed by atoms with Gasteiger partial charge in [-0.3, -0.25) is 4.79 Å². The van der Waals surface area contributed by atoms with Crippen molar-refractivity contribution in [2.75, 3.05) is 0 Å². The molecular weight excluding hydrogens is 244 g/mol. The molecule has 0 saturated carbocycles. The van der Waals surface area contributed by atoms with E-state index in [4.69, 9.17) is 0 Å². The molecule has 18 heavy (non-hydrogen) atoms. The summed E-state index contributed by atoms with van der Waals surface area (Å²) in [5, 5.41) is 2.63. The largest absolute Gasteiger partial charge is 0.306 e. The number of hydrogen-bond donors (Lipinski definition) is 1. The second-order valence-electron chi connectivity index (χ2n) is 3.82. The predicted octanol–water partition coefficient (Wildman–Crippen LogP) is 3.16. The zero-order valence-corrected chi connectivity index (χ0v) is 10.3. The fraction of sp³-hybridized carbons (Fsp3) is 0. The highest BCUT2D eigenvalue weighted by molar-refractivity contribution is 7.10. The van der Waals surface area contributed by atoms with Gasteiger partial charge < -0.3 is 4.98 Å². The summed E-state index contributed by atoms with van der Waals surface area (Å²) in [6.45, 7) is 0. The van der Waals surface area contributed by atoms with E-state index in [2.05, 4.69) is 9.97 Å². The summed E-state index contributed by atoms with van der Waals surface area (Å²) in [7, 11) is 0. The first-order valence-electron chi connectivity index (χ1n) is 5.53. The van der Waals surface area contributed by atoms with Crippen molar-refractivity contribution in [3.8, 4) is 0 Å². The lowest BCUT2D eigenvalue weighted by Gasteiger charge is -1.97. The van der Waals surface area contributed by atoms with Crippen LogP contribution in [0.25, 0.3) is 23.1 Å². The Morgan fingerprint density at radius 1 is 1.11 bits per heavy atom. The van der Waals surface area contributed by atoms with E-state index in [0.717, 1.165) is 4.88 Å². The number of nitrogens with one attached hydrogen (secondary N) is 1. The van der Waals surface area contributed by atoms with Gasteiger partial charge in [0.25, 0.3) is 5.56 Å². The molecule has 0 aliphatic carbocycles. The molecule has 3 rings (SSSR count). The highest BCUT2D eigenvalue weighted by atomic mass is 32.1. The summed E-state index contributed by atoms with van der Waals surface area (Å²) in [6.07, 6.45) is 3.76. The van der Waals surface area contributed by atoms with Crippen LogP contribution >= 0.6 is 11.3 Å². The molecule has 3 aromatic rings. The van der Waals surface area contributed by atoms with Gasteiger partial charge in [-0.05, 0) is 35.7 Å². The number of hydrogen-bond acceptors (Lipinski definition) is 3. The van der Waals surface area contributed by atoms with E-state index >= 15 is 0 Å². The van der Waals surface area contributed by atoms with E-state index in [9.17, 15) is 4.79 Å². The second-order valence-corrected chi connectivity index (χ2v) is 4.80. The minimum Gasteiger partial charge on any atom is -0.306 e. The molecule has 3 nitrogen and oxygen atoms in total. The van der Waals surface area contributed by atoms with Crippen LogP contribution in [0.15, 0.2) is 46.6 Å². The van der Waals surface area contributed by atoms with Crippen molar-refractivity contribution in [3.05, 3.63) is 62.8 Å². The predicted molar refractivity (Wildman–Crippen MR) is 75.6 cm³/mol. The van der Waals surface area contributed by atoms with Crippen LogP contribution in [0.3, 0.4) is 0 Å². The molecule has 4 heteroatoms. The average Bonchev–Trinajstić information content (AvgIpc) is 2.90. The van der Waals surface area contributed by atoms with Crippen LogP contribution < -0.4 is 5.56 Å². The maximum Gasteiger partial charge on any atom is 0.259 e. The Hall–Kier alpha value is -2.20. The maximum atomic E-state index is 11.8. The molecule has 0 saturated heterocycles. The lowest BCUT2D eigenvalue weighted by Crippen LogP contribution is -2.09. The van der Waals surface area contributed by atoms with Gasteiger partial charge in [-0.15, -0.1) is 11.3 Å². The maximum absolute atomic E-state index is 11.8. The molecule has 0 bridgehead atoms. The Morgan fingerprint density at radius 2 is 2.00 bits per heavy atom. The number of rotatable bonds is 2. The lowest BCUT2D eigenvalue weighted by molar-refractivity contribution is 1.14. The second kappa shape index (κ2) is 4.58. The average molecular weight is 254 g/mol. The molecule has 2 aromatic heterocycles. The zero-order valence-electron chi connectivity index (χ0n) is 9.46. The van der Waals surface area contributed by atoms with Gasteiger partial charge in [0.2, 0.25) is 0 Å². The third-order valence-corrected chi connectivity index (χ3v) is 3.42. The van der Waals surface area contributed by atoms with Gasteiger partial charge in [0, 0.05) is 4.88 Å². The summed E-state index contributed by atoms with van der Waals surface area (Å²) in [6, 6.07) is 11.3. The summed E-state index contributed by atoms with van der Waals surface area (Å²) in [5.74, 6) is 0.576. The number of benzene rings is 1. The van der Waals surface area contributed by atoms with Crippen LogP contribution in [-0.4, -0.2) is 9.97 Å². The third-order valence-electron chi connectivity index (χ3n) is 2.58.